The molecule has 2 aromatic carbocycles. The van der Waals surface area contributed by atoms with Gasteiger partial charge in [0.2, 0.25) is 0 Å². The summed E-state index contributed by atoms with van der Waals surface area (Å²) in [5.41, 5.74) is 3.60. The Kier molecular flexibility index (Phi) is 7.40. The Morgan fingerprint density at radius 1 is 0.833 bits per heavy atom. The van der Waals surface area contributed by atoms with Crippen molar-refractivity contribution in [2.24, 2.45) is 5.10 Å². The van der Waals surface area contributed by atoms with E-state index in [1.165, 1.54) is 24.3 Å². The van der Waals surface area contributed by atoms with Crippen LogP contribution in [0.25, 0.3) is 0 Å². The van der Waals surface area contributed by atoms with Crippen LogP contribution in [0.4, 0.5) is 4.79 Å². The molecular weight excluding hydrogens is 436 g/mol. The van der Waals surface area contributed by atoms with Crippen molar-refractivity contribution in [1.82, 2.24) is 5.43 Å². The SMILES string of the molecule is CCOC(=O)NN=C(c1ccc(OS(C)(=O)=O)cc1)c1ccc(OS(C)(=O)=O)cc1. The number of carbonyl (C=O) groups excluding carboxylic acids is 1. The number of hydrazone groups is 1. The van der Waals surface area contributed by atoms with E-state index in [9.17, 15) is 21.6 Å². The largest absolute Gasteiger partial charge is 0.449 e. The number of hydrogen-bond acceptors (Lipinski definition) is 9. The highest BCUT2D eigenvalue weighted by Crippen LogP contribution is 2.20. The minimum absolute atomic E-state index is 0.107. The van der Waals surface area contributed by atoms with Crippen LogP contribution in [0.1, 0.15) is 18.1 Å². The second kappa shape index (κ2) is 9.59. The summed E-state index contributed by atoms with van der Waals surface area (Å²) in [5.74, 6) is 0.215. The highest BCUT2D eigenvalue weighted by atomic mass is 32.2. The van der Waals surface area contributed by atoms with Crippen LogP contribution in [0.3, 0.4) is 0 Å². The molecule has 12 heteroatoms. The summed E-state index contributed by atoms with van der Waals surface area (Å²) >= 11 is 0. The van der Waals surface area contributed by atoms with E-state index in [4.69, 9.17) is 13.1 Å². The highest BCUT2D eigenvalue weighted by molar-refractivity contribution is 7.86. The van der Waals surface area contributed by atoms with Gasteiger partial charge in [0, 0.05) is 11.1 Å². The van der Waals surface area contributed by atoms with Crippen LogP contribution in [-0.4, -0.2) is 47.8 Å². The Morgan fingerprint density at radius 3 is 1.57 bits per heavy atom. The molecule has 0 aromatic heterocycles. The van der Waals surface area contributed by atoms with E-state index >= 15 is 0 Å². The molecule has 0 atom stereocenters. The lowest BCUT2D eigenvalue weighted by Gasteiger charge is -2.10. The molecule has 2 rings (SSSR count). The van der Waals surface area contributed by atoms with E-state index in [2.05, 4.69) is 10.5 Å². The van der Waals surface area contributed by atoms with Crippen LogP contribution in [0.2, 0.25) is 0 Å². The molecule has 1 amide bonds. The molecule has 0 spiro atoms. The number of amides is 1. The van der Waals surface area contributed by atoms with E-state index in [-0.39, 0.29) is 18.1 Å². The third-order valence-electron chi connectivity index (χ3n) is 3.29. The topological polar surface area (TPSA) is 137 Å². The number of benzene rings is 2. The number of ether oxygens (including phenoxy) is 1. The summed E-state index contributed by atoms with van der Waals surface area (Å²) < 4.78 is 59.4. The smallest absolute Gasteiger partial charge is 0.427 e. The Labute approximate surface area is 174 Å². The van der Waals surface area contributed by atoms with Gasteiger partial charge in [0.25, 0.3) is 0 Å². The Bertz CT molecular complexity index is 1040. The van der Waals surface area contributed by atoms with Gasteiger partial charge < -0.3 is 13.1 Å². The number of nitrogens with zero attached hydrogens (tertiary/aromatic N) is 1. The predicted octanol–water partition coefficient (Wildman–Crippen LogP) is 1.86. The third kappa shape index (κ3) is 7.72. The predicted molar refractivity (Wildman–Crippen MR) is 110 cm³/mol. The van der Waals surface area contributed by atoms with Gasteiger partial charge in [-0.25, -0.2) is 10.2 Å². The van der Waals surface area contributed by atoms with Gasteiger partial charge in [0.15, 0.2) is 0 Å². The Morgan fingerprint density at radius 2 is 1.23 bits per heavy atom. The summed E-state index contributed by atoms with van der Waals surface area (Å²) in [5, 5.41) is 4.07. The molecule has 0 saturated heterocycles. The van der Waals surface area contributed by atoms with Gasteiger partial charge in [-0.05, 0) is 55.5 Å². The normalized spacial score (nSPS) is 11.3. The first kappa shape index (κ1) is 23.2. The van der Waals surface area contributed by atoms with Gasteiger partial charge >= 0.3 is 26.3 Å². The van der Waals surface area contributed by atoms with Crippen molar-refractivity contribution in [2.75, 3.05) is 19.1 Å². The summed E-state index contributed by atoms with van der Waals surface area (Å²) in [6, 6.07) is 11.9. The summed E-state index contributed by atoms with van der Waals surface area (Å²) in [6.45, 7) is 1.80. The molecule has 0 radical (unpaired) electrons. The molecule has 10 nitrogen and oxygen atoms in total. The Hall–Kier alpha value is -3.12. The van der Waals surface area contributed by atoms with Crippen LogP contribution < -0.4 is 13.8 Å². The van der Waals surface area contributed by atoms with E-state index in [1.54, 1.807) is 31.2 Å². The van der Waals surface area contributed by atoms with Gasteiger partial charge in [-0.1, -0.05) is 0 Å². The number of hydrogen-bond donors (Lipinski definition) is 1. The lowest BCUT2D eigenvalue weighted by atomic mass is 10.0. The first-order valence-electron chi connectivity index (χ1n) is 8.47. The van der Waals surface area contributed by atoms with Crippen LogP contribution >= 0.6 is 0 Å². The monoisotopic (exact) mass is 456 g/mol. The maximum absolute atomic E-state index is 11.6. The molecule has 1 N–H and O–H groups in total. The average molecular weight is 456 g/mol. The first-order chi connectivity index (χ1) is 14.0. The molecule has 0 aliphatic heterocycles. The second-order valence-corrected chi connectivity index (χ2v) is 9.07. The third-order valence-corrected chi connectivity index (χ3v) is 4.28. The van der Waals surface area contributed by atoms with Crippen LogP contribution in [0, 0.1) is 0 Å². The molecular formula is C18H20N2O8S2. The number of nitrogens with one attached hydrogen (secondary N) is 1. The lowest BCUT2D eigenvalue weighted by molar-refractivity contribution is 0.152. The minimum atomic E-state index is -3.68. The van der Waals surface area contributed by atoms with E-state index in [0.29, 0.717) is 16.8 Å². The molecule has 0 fully saturated rings. The number of rotatable bonds is 8. The van der Waals surface area contributed by atoms with Crippen molar-refractivity contribution >= 4 is 32.0 Å². The maximum atomic E-state index is 11.6. The van der Waals surface area contributed by atoms with Gasteiger partial charge in [-0.2, -0.15) is 21.9 Å². The molecule has 2 aromatic rings. The lowest BCUT2D eigenvalue weighted by Crippen LogP contribution is -2.21. The molecule has 0 aliphatic carbocycles. The van der Waals surface area contributed by atoms with Gasteiger partial charge in [-0.15, -0.1) is 0 Å². The first-order valence-corrected chi connectivity index (χ1v) is 12.1. The molecule has 0 heterocycles. The molecule has 30 heavy (non-hydrogen) atoms. The molecule has 0 unspecified atom stereocenters. The van der Waals surface area contributed by atoms with Gasteiger partial charge in [0.05, 0.1) is 24.8 Å². The van der Waals surface area contributed by atoms with Crippen molar-refractivity contribution in [3.8, 4) is 11.5 Å². The van der Waals surface area contributed by atoms with E-state index in [0.717, 1.165) is 12.5 Å². The quantitative estimate of drug-likeness (QED) is 0.361. The van der Waals surface area contributed by atoms with E-state index in [1.807, 2.05) is 0 Å². The zero-order chi connectivity index (χ0) is 22.4. The summed E-state index contributed by atoms with van der Waals surface area (Å²) in [6.07, 6.45) is 1.10. The molecule has 0 aliphatic rings. The molecule has 162 valence electrons. The fraction of sp³-hybridized carbons (Fsp3) is 0.222. The van der Waals surface area contributed by atoms with Crippen molar-refractivity contribution in [3.63, 3.8) is 0 Å². The van der Waals surface area contributed by atoms with Crippen molar-refractivity contribution in [1.29, 1.82) is 0 Å². The van der Waals surface area contributed by atoms with Crippen molar-refractivity contribution in [3.05, 3.63) is 59.7 Å². The molecule has 0 bridgehead atoms. The minimum Gasteiger partial charge on any atom is -0.449 e. The molecule has 0 saturated carbocycles. The van der Waals surface area contributed by atoms with E-state index < -0.39 is 26.3 Å². The van der Waals surface area contributed by atoms with Gasteiger partial charge in [0.1, 0.15) is 11.5 Å². The fourth-order valence-corrected chi connectivity index (χ4v) is 3.17. The second-order valence-electron chi connectivity index (χ2n) is 5.92. The highest BCUT2D eigenvalue weighted by Gasteiger charge is 2.12. The zero-order valence-electron chi connectivity index (χ0n) is 16.4. The standard InChI is InChI=1S/C18H20N2O8S2/c1-4-26-18(21)20-19-17(13-5-9-15(10-6-13)27-29(2,22)23)14-7-11-16(12-8-14)28-30(3,24)25/h5-12H,4H2,1-3H3,(H,20,21). The summed E-state index contributed by atoms with van der Waals surface area (Å²) in [7, 11) is -7.35. The Balaban J connectivity index is 2.37. The summed E-state index contributed by atoms with van der Waals surface area (Å²) in [4.78, 5) is 11.6. The maximum Gasteiger partial charge on any atom is 0.427 e. The average Bonchev–Trinajstić information content (AvgIpc) is 2.62. The zero-order valence-corrected chi connectivity index (χ0v) is 18.0. The van der Waals surface area contributed by atoms with Crippen LogP contribution in [0.15, 0.2) is 53.6 Å². The van der Waals surface area contributed by atoms with Crippen LogP contribution in [-0.2, 0) is 25.0 Å². The van der Waals surface area contributed by atoms with Crippen molar-refractivity contribution < 1.29 is 34.7 Å². The van der Waals surface area contributed by atoms with Crippen LogP contribution in [0.5, 0.6) is 11.5 Å². The van der Waals surface area contributed by atoms with Gasteiger partial charge in [-0.3, -0.25) is 0 Å². The van der Waals surface area contributed by atoms with Crippen molar-refractivity contribution in [2.45, 2.75) is 6.92 Å². The number of carbonyl (C=O) groups is 1. The fourth-order valence-electron chi connectivity index (χ4n) is 2.25.